The number of aromatic nitrogens is 1. The second kappa shape index (κ2) is 9.83. The summed E-state index contributed by atoms with van der Waals surface area (Å²) in [6, 6.07) is 8.34. The van der Waals surface area contributed by atoms with E-state index in [-0.39, 0.29) is 6.42 Å². The minimum absolute atomic E-state index is 0.182. The van der Waals surface area contributed by atoms with Gasteiger partial charge in [0.25, 0.3) is 0 Å². The molecule has 1 aromatic heterocycles. The van der Waals surface area contributed by atoms with Crippen LogP contribution in [0.5, 0.6) is 11.5 Å². The average molecular weight is 484 g/mol. The normalized spacial score (nSPS) is 11.4. The highest BCUT2D eigenvalue weighted by Gasteiger charge is 2.30. The van der Waals surface area contributed by atoms with E-state index in [1.54, 1.807) is 12.1 Å². The molecule has 1 heterocycles. The van der Waals surface area contributed by atoms with E-state index in [0.29, 0.717) is 33.4 Å². The zero-order valence-electron chi connectivity index (χ0n) is 17.4. The number of carboxylic acid groups (broad SMARTS) is 1. The fourth-order valence-electron chi connectivity index (χ4n) is 2.98. The van der Waals surface area contributed by atoms with E-state index < -0.39 is 17.7 Å². The number of thiazole rings is 1. The van der Waals surface area contributed by atoms with Gasteiger partial charge in [-0.3, -0.25) is 4.79 Å². The van der Waals surface area contributed by atoms with Gasteiger partial charge in [0.05, 0.1) is 36.8 Å². The maximum atomic E-state index is 12.8. The van der Waals surface area contributed by atoms with Crippen molar-refractivity contribution in [2.24, 2.45) is 0 Å². The second-order valence-corrected chi connectivity index (χ2v) is 8.88. The summed E-state index contributed by atoms with van der Waals surface area (Å²) in [5.41, 5.74) is 1.24. The number of hydrogen-bond acceptors (Lipinski definition) is 6. The van der Waals surface area contributed by atoms with Crippen LogP contribution >= 0.6 is 23.1 Å². The van der Waals surface area contributed by atoms with Gasteiger partial charge in [0.2, 0.25) is 0 Å². The first-order chi connectivity index (χ1) is 15.1. The van der Waals surface area contributed by atoms with Gasteiger partial charge in [-0.25, -0.2) is 4.98 Å². The molecule has 3 aromatic rings. The number of thioether (sulfide) groups is 1. The van der Waals surface area contributed by atoms with Gasteiger partial charge >= 0.3 is 12.1 Å². The summed E-state index contributed by atoms with van der Waals surface area (Å²) in [5, 5.41) is 9.80. The summed E-state index contributed by atoms with van der Waals surface area (Å²) in [4.78, 5) is 17.4. The van der Waals surface area contributed by atoms with Crippen LogP contribution in [0.25, 0.3) is 10.6 Å². The van der Waals surface area contributed by atoms with E-state index in [4.69, 9.17) is 14.6 Å². The largest absolute Gasteiger partial charge is 0.496 e. The number of methoxy groups -OCH3 is 2. The van der Waals surface area contributed by atoms with Crippen molar-refractivity contribution in [2.75, 3.05) is 14.2 Å². The van der Waals surface area contributed by atoms with Gasteiger partial charge in [0, 0.05) is 27.8 Å². The summed E-state index contributed by atoms with van der Waals surface area (Å²) in [6.07, 6.45) is -4.56. The Labute approximate surface area is 191 Å². The van der Waals surface area contributed by atoms with E-state index in [2.05, 4.69) is 4.98 Å². The predicted octanol–water partition coefficient (Wildman–Crippen LogP) is 6.07. The summed E-state index contributed by atoms with van der Waals surface area (Å²) < 4.78 is 49.1. The van der Waals surface area contributed by atoms with Crippen LogP contribution in [-0.2, 0) is 23.1 Å². The van der Waals surface area contributed by atoms with E-state index in [1.807, 2.05) is 6.92 Å². The van der Waals surface area contributed by atoms with Crippen molar-refractivity contribution >= 4 is 29.1 Å². The van der Waals surface area contributed by atoms with Gasteiger partial charge in [-0.1, -0.05) is 12.1 Å². The van der Waals surface area contributed by atoms with Gasteiger partial charge in [-0.05, 0) is 25.1 Å². The first-order valence-electron chi connectivity index (χ1n) is 9.35. The zero-order valence-corrected chi connectivity index (χ0v) is 19.1. The summed E-state index contributed by atoms with van der Waals surface area (Å²) in [5.74, 6) is 0.571. The molecule has 10 heteroatoms. The molecule has 0 aliphatic rings. The van der Waals surface area contributed by atoms with Crippen molar-refractivity contribution in [3.8, 4) is 22.1 Å². The Morgan fingerprint density at radius 1 is 1.12 bits per heavy atom. The molecule has 1 N–H and O–H groups in total. The van der Waals surface area contributed by atoms with Crippen molar-refractivity contribution < 1.29 is 32.5 Å². The van der Waals surface area contributed by atoms with Crippen LogP contribution in [-0.4, -0.2) is 30.3 Å². The monoisotopic (exact) mass is 483 g/mol. The lowest BCUT2D eigenvalue weighted by Gasteiger charge is -2.13. The quantitative estimate of drug-likeness (QED) is 0.392. The van der Waals surface area contributed by atoms with Crippen LogP contribution in [0.15, 0.2) is 41.3 Å². The summed E-state index contributed by atoms with van der Waals surface area (Å²) in [6.45, 7) is 1.85. The average Bonchev–Trinajstić information content (AvgIpc) is 3.11. The second-order valence-electron chi connectivity index (χ2n) is 6.78. The maximum absolute atomic E-state index is 12.8. The standard InChI is InChI=1S/C22H20F3NO4S2/c1-12-19(32-21(26-12)13-4-6-15(7-5-13)22(23,24)25)11-31-18-8-14(9-20(27)28)16(29-2)10-17(18)30-3/h4-8,10H,9,11H2,1-3H3,(H,27,28). The number of hydrogen-bond donors (Lipinski definition) is 1. The molecule has 170 valence electrons. The SMILES string of the molecule is COc1cc(OC)c(SCc2sc(-c3ccc(C(F)(F)F)cc3)nc2C)cc1CC(=O)O. The van der Waals surface area contributed by atoms with Gasteiger partial charge in [-0.15, -0.1) is 23.1 Å². The highest BCUT2D eigenvalue weighted by Crippen LogP contribution is 2.40. The lowest BCUT2D eigenvalue weighted by Crippen LogP contribution is -2.03. The van der Waals surface area contributed by atoms with Gasteiger partial charge in [-0.2, -0.15) is 13.2 Å². The molecule has 0 saturated heterocycles. The van der Waals surface area contributed by atoms with Crippen molar-refractivity contribution in [3.63, 3.8) is 0 Å². The summed E-state index contributed by atoms with van der Waals surface area (Å²) >= 11 is 2.87. The molecule has 3 rings (SSSR count). The fourth-order valence-corrected chi connectivity index (χ4v) is 5.26. The fraction of sp³-hybridized carbons (Fsp3) is 0.273. The zero-order chi connectivity index (χ0) is 23.5. The number of carbonyl (C=O) groups is 1. The molecule has 0 unspecified atom stereocenters. The van der Waals surface area contributed by atoms with E-state index in [9.17, 15) is 18.0 Å². The lowest BCUT2D eigenvalue weighted by atomic mass is 10.1. The van der Waals surface area contributed by atoms with Gasteiger partial charge in [0.1, 0.15) is 16.5 Å². The number of ether oxygens (including phenoxy) is 2. The lowest BCUT2D eigenvalue weighted by molar-refractivity contribution is -0.138. The molecule has 0 amide bonds. The molecule has 0 atom stereocenters. The minimum Gasteiger partial charge on any atom is -0.496 e. The van der Waals surface area contributed by atoms with E-state index in [0.717, 1.165) is 27.6 Å². The third-order valence-corrected chi connectivity index (χ3v) is 7.07. The molecule has 0 radical (unpaired) electrons. The van der Waals surface area contributed by atoms with Crippen LogP contribution in [0, 0.1) is 6.92 Å². The molecule has 32 heavy (non-hydrogen) atoms. The molecular formula is C22H20F3NO4S2. The van der Waals surface area contributed by atoms with E-state index >= 15 is 0 Å². The van der Waals surface area contributed by atoms with Crippen LogP contribution in [0.3, 0.4) is 0 Å². The Morgan fingerprint density at radius 2 is 1.78 bits per heavy atom. The number of alkyl halides is 3. The number of benzene rings is 2. The number of nitrogens with zero attached hydrogens (tertiary/aromatic N) is 1. The Balaban J connectivity index is 1.82. The molecule has 0 fully saturated rings. The number of halogens is 3. The first kappa shape index (κ1) is 23.9. The van der Waals surface area contributed by atoms with Gasteiger partial charge < -0.3 is 14.6 Å². The van der Waals surface area contributed by atoms with Crippen molar-refractivity contribution in [1.82, 2.24) is 4.98 Å². The highest BCUT2D eigenvalue weighted by atomic mass is 32.2. The third-order valence-electron chi connectivity index (χ3n) is 4.62. The van der Waals surface area contributed by atoms with Crippen LogP contribution in [0.2, 0.25) is 0 Å². The summed E-state index contributed by atoms with van der Waals surface area (Å²) in [7, 11) is 2.99. The molecule has 0 bridgehead atoms. The minimum atomic E-state index is -4.38. The molecule has 0 aliphatic heterocycles. The maximum Gasteiger partial charge on any atom is 0.416 e. The van der Waals surface area contributed by atoms with Crippen LogP contribution in [0.1, 0.15) is 21.7 Å². The van der Waals surface area contributed by atoms with Crippen molar-refractivity contribution in [1.29, 1.82) is 0 Å². The molecular weight excluding hydrogens is 463 g/mol. The molecule has 2 aromatic carbocycles. The Bertz CT molecular complexity index is 1110. The smallest absolute Gasteiger partial charge is 0.416 e. The predicted molar refractivity (Wildman–Crippen MR) is 118 cm³/mol. The Morgan fingerprint density at radius 3 is 2.34 bits per heavy atom. The van der Waals surface area contributed by atoms with Gasteiger partial charge in [0.15, 0.2) is 0 Å². The topological polar surface area (TPSA) is 68.7 Å². The Kier molecular flexibility index (Phi) is 7.35. The molecule has 0 saturated carbocycles. The highest BCUT2D eigenvalue weighted by molar-refractivity contribution is 7.98. The first-order valence-corrected chi connectivity index (χ1v) is 11.2. The van der Waals surface area contributed by atoms with Crippen molar-refractivity contribution in [2.45, 2.75) is 30.2 Å². The third kappa shape index (κ3) is 5.55. The number of aryl methyl sites for hydroxylation is 1. The van der Waals surface area contributed by atoms with Crippen LogP contribution in [0.4, 0.5) is 13.2 Å². The number of carboxylic acids is 1. The molecule has 0 spiro atoms. The Hall–Kier alpha value is -2.72. The molecule has 5 nitrogen and oxygen atoms in total. The number of aliphatic carboxylic acids is 1. The van der Waals surface area contributed by atoms with Crippen LogP contribution < -0.4 is 9.47 Å². The number of rotatable bonds is 8. The molecule has 0 aliphatic carbocycles. The van der Waals surface area contributed by atoms with E-state index in [1.165, 1.54) is 49.5 Å². The van der Waals surface area contributed by atoms with Crippen molar-refractivity contribution in [3.05, 3.63) is 58.1 Å².